The molecule has 0 atom stereocenters. The Balaban J connectivity index is 2.49. The zero-order valence-corrected chi connectivity index (χ0v) is 7.95. The standard InChI is InChI=1S/C11H10N2O2/c1-2-7-3-5-8(6-4-7)9-10(14)13-11(15)12-9/h2-6,14H,1H2,(H2,12,13,15). The topological polar surface area (TPSA) is 68.9 Å². The summed E-state index contributed by atoms with van der Waals surface area (Å²) in [6.45, 7) is 3.64. The summed E-state index contributed by atoms with van der Waals surface area (Å²) in [5, 5.41) is 9.40. The molecule has 2 aromatic rings. The van der Waals surface area contributed by atoms with Gasteiger partial charge in [0.2, 0.25) is 5.88 Å². The average Bonchev–Trinajstić information content (AvgIpc) is 2.58. The van der Waals surface area contributed by atoms with Crippen LogP contribution in [-0.4, -0.2) is 15.1 Å². The van der Waals surface area contributed by atoms with E-state index in [1.807, 2.05) is 12.1 Å². The molecule has 0 unspecified atom stereocenters. The molecule has 0 spiro atoms. The molecule has 76 valence electrons. The maximum absolute atomic E-state index is 10.9. The van der Waals surface area contributed by atoms with Gasteiger partial charge in [-0.3, -0.25) is 4.98 Å². The Labute approximate surface area is 85.9 Å². The van der Waals surface area contributed by atoms with Gasteiger partial charge < -0.3 is 10.1 Å². The first kappa shape index (κ1) is 9.33. The van der Waals surface area contributed by atoms with E-state index in [2.05, 4.69) is 16.5 Å². The van der Waals surface area contributed by atoms with E-state index >= 15 is 0 Å². The van der Waals surface area contributed by atoms with Crippen molar-refractivity contribution in [2.45, 2.75) is 0 Å². The molecule has 0 amide bonds. The van der Waals surface area contributed by atoms with E-state index < -0.39 is 5.69 Å². The molecule has 0 aliphatic rings. The molecule has 0 saturated heterocycles. The molecule has 2 rings (SSSR count). The van der Waals surface area contributed by atoms with Crippen LogP contribution in [0.3, 0.4) is 0 Å². The third-order valence-corrected chi connectivity index (χ3v) is 2.14. The molecule has 0 bridgehead atoms. The van der Waals surface area contributed by atoms with E-state index in [1.165, 1.54) is 0 Å². The number of H-pyrrole nitrogens is 2. The van der Waals surface area contributed by atoms with E-state index in [1.54, 1.807) is 18.2 Å². The van der Waals surface area contributed by atoms with Gasteiger partial charge in [0.25, 0.3) is 0 Å². The Hall–Kier alpha value is -2.23. The van der Waals surface area contributed by atoms with E-state index in [0.717, 1.165) is 11.1 Å². The van der Waals surface area contributed by atoms with Crippen LogP contribution < -0.4 is 5.69 Å². The maximum Gasteiger partial charge on any atom is 0.326 e. The van der Waals surface area contributed by atoms with Gasteiger partial charge in [0.1, 0.15) is 5.69 Å². The fourth-order valence-electron chi connectivity index (χ4n) is 1.37. The van der Waals surface area contributed by atoms with Crippen molar-refractivity contribution in [3.05, 3.63) is 46.9 Å². The monoisotopic (exact) mass is 202 g/mol. The lowest BCUT2D eigenvalue weighted by atomic mass is 10.1. The Kier molecular flexibility index (Phi) is 2.17. The summed E-state index contributed by atoms with van der Waals surface area (Å²) in [7, 11) is 0. The maximum atomic E-state index is 10.9. The quantitative estimate of drug-likeness (QED) is 0.694. The molecule has 0 fully saturated rings. The Morgan fingerprint density at radius 2 is 1.87 bits per heavy atom. The molecular formula is C11H10N2O2. The van der Waals surface area contributed by atoms with Crippen molar-refractivity contribution in [1.29, 1.82) is 0 Å². The van der Waals surface area contributed by atoms with E-state index in [9.17, 15) is 9.90 Å². The largest absolute Gasteiger partial charge is 0.493 e. The van der Waals surface area contributed by atoms with Crippen LogP contribution in [0, 0.1) is 0 Å². The molecule has 0 aliphatic heterocycles. The highest BCUT2D eigenvalue weighted by atomic mass is 16.3. The molecule has 0 aliphatic carbocycles. The highest BCUT2D eigenvalue weighted by Gasteiger charge is 2.07. The van der Waals surface area contributed by atoms with Crippen LogP contribution >= 0.6 is 0 Å². The number of aromatic amines is 2. The van der Waals surface area contributed by atoms with Crippen molar-refractivity contribution in [2.75, 3.05) is 0 Å². The van der Waals surface area contributed by atoms with Gasteiger partial charge in [0.05, 0.1) is 0 Å². The minimum atomic E-state index is -0.421. The molecule has 3 N–H and O–H groups in total. The Morgan fingerprint density at radius 1 is 1.20 bits per heavy atom. The number of rotatable bonds is 2. The lowest BCUT2D eigenvalue weighted by Gasteiger charge is -1.98. The van der Waals surface area contributed by atoms with Crippen molar-refractivity contribution in [1.82, 2.24) is 9.97 Å². The second-order valence-electron chi connectivity index (χ2n) is 3.13. The first-order valence-electron chi connectivity index (χ1n) is 4.45. The number of hydrogen-bond acceptors (Lipinski definition) is 2. The van der Waals surface area contributed by atoms with Crippen LogP contribution in [-0.2, 0) is 0 Å². The molecule has 1 aromatic carbocycles. The van der Waals surface area contributed by atoms with Gasteiger partial charge in [-0.05, 0) is 5.56 Å². The van der Waals surface area contributed by atoms with Crippen molar-refractivity contribution < 1.29 is 5.11 Å². The summed E-state index contributed by atoms with van der Waals surface area (Å²) >= 11 is 0. The van der Waals surface area contributed by atoms with Crippen LogP contribution in [0.25, 0.3) is 17.3 Å². The van der Waals surface area contributed by atoms with Gasteiger partial charge >= 0.3 is 5.69 Å². The second kappa shape index (κ2) is 3.49. The van der Waals surface area contributed by atoms with E-state index in [-0.39, 0.29) is 5.88 Å². The average molecular weight is 202 g/mol. The van der Waals surface area contributed by atoms with Crippen LogP contribution in [0.5, 0.6) is 5.88 Å². The molecule has 0 saturated carbocycles. The fraction of sp³-hybridized carbons (Fsp3) is 0. The molecule has 4 heteroatoms. The molecule has 4 nitrogen and oxygen atoms in total. The Morgan fingerprint density at radius 3 is 2.33 bits per heavy atom. The highest BCUT2D eigenvalue weighted by molar-refractivity contribution is 5.65. The van der Waals surface area contributed by atoms with Gasteiger partial charge in [-0.1, -0.05) is 36.9 Å². The number of aromatic nitrogens is 2. The molecule has 0 radical (unpaired) electrons. The zero-order valence-electron chi connectivity index (χ0n) is 7.95. The number of imidazole rings is 1. The summed E-state index contributed by atoms with van der Waals surface area (Å²) in [6.07, 6.45) is 1.73. The molecule has 1 aromatic heterocycles. The third-order valence-electron chi connectivity index (χ3n) is 2.14. The number of benzene rings is 1. The third kappa shape index (κ3) is 1.69. The minimum absolute atomic E-state index is 0.147. The van der Waals surface area contributed by atoms with E-state index in [4.69, 9.17) is 0 Å². The predicted octanol–water partition coefficient (Wildman–Crippen LogP) is 1.72. The van der Waals surface area contributed by atoms with Gasteiger partial charge in [0, 0.05) is 5.56 Å². The predicted molar refractivity (Wildman–Crippen MR) is 58.6 cm³/mol. The van der Waals surface area contributed by atoms with Crippen LogP contribution in [0.4, 0.5) is 0 Å². The van der Waals surface area contributed by atoms with E-state index in [0.29, 0.717) is 5.69 Å². The summed E-state index contributed by atoms with van der Waals surface area (Å²) in [5.74, 6) is -0.147. The van der Waals surface area contributed by atoms with Gasteiger partial charge in [-0.15, -0.1) is 0 Å². The van der Waals surface area contributed by atoms with Crippen molar-refractivity contribution in [3.63, 3.8) is 0 Å². The van der Waals surface area contributed by atoms with Crippen LogP contribution in [0.2, 0.25) is 0 Å². The second-order valence-corrected chi connectivity index (χ2v) is 3.13. The summed E-state index contributed by atoms with van der Waals surface area (Å²) in [4.78, 5) is 15.7. The normalized spacial score (nSPS) is 10.1. The number of hydrogen-bond donors (Lipinski definition) is 3. The van der Waals surface area contributed by atoms with Crippen molar-refractivity contribution in [3.8, 4) is 17.1 Å². The number of aromatic hydroxyl groups is 1. The first-order chi connectivity index (χ1) is 7.20. The smallest absolute Gasteiger partial charge is 0.326 e. The SMILES string of the molecule is C=Cc1ccc(-c2[nH]c(=O)[nH]c2O)cc1. The van der Waals surface area contributed by atoms with Crippen LogP contribution in [0.15, 0.2) is 35.6 Å². The van der Waals surface area contributed by atoms with Gasteiger partial charge in [0.15, 0.2) is 0 Å². The highest BCUT2D eigenvalue weighted by Crippen LogP contribution is 2.23. The Bertz CT molecular complexity index is 534. The molecule has 1 heterocycles. The zero-order chi connectivity index (χ0) is 10.8. The molecular weight excluding hydrogens is 192 g/mol. The minimum Gasteiger partial charge on any atom is -0.493 e. The van der Waals surface area contributed by atoms with Crippen molar-refractivity contribution in [2.24, 2.45) is 0 Å². The van der Waals surface area contributed by atoms with Crippen molar-refractivity contribution >= 4 is 6.08 Å². The lowest BCUT2D eigenvalue weighted by Crippen LogP contribution is -1.99. The van der Waals surface area contributed by atoms with Gasteiger partial charge in [-0.25, -0.2) is 4.79 Å². The number of nitrogens with one attached hydrogen (secondary N) is 2. The van der Waals surface area contributed by atoms with Crippen LogP contribution in [0.1, 0.15) is 5.56 Å². The summed E-state index contributed by atoms with van der Waals surface area (Å²) in [5.41, 5.74) is 1.71. The first-order valence-corrected chi connectivity index (χ1v) is 4.45. The van der Waals surface area contributed by atoms with Gasteiger partial charge in [-0.2, -0.15) is 0 Å². The fourth-order valence-corrected chi connectivity index (χ4v) is 1.37. The summed E-state index contributed by atoms with van der Waals surface area (Å²) < 4.78 is 0. The molecule has 15 heavy (non-hydrogen) atoms. The summed E-state index contributed by atoms with van der Waals surface area (Å²) in [6, 6.07) is 7.31. The lowest BCUT2D eigenvalue weighted by molar-refractivity contribution is 0.457.